The number of phenols is 1. The molecule has 0 atom stereocenters. The minimum atomic E-state index is 0.131. The molecule has 6 heteroatoms. The van der Waals surface area contributed by atoms with Crippen molar-refractivity contribution in [2.45, 2.75) is 13.5 Å². The Morgan fingerprint density at radius 2 is 1.66 bits per heavy atom. The van der Waals surface area contributed by atoms with Gasteiger partial charge in [-0.1, -0.05) is 18.2 Å². The third-order valence-corrected chi connectivity index (χ3v) is 5.53. The monoisotopic (exact) mass is 458 g/mol. The smallest absolute Gasteiger partial charge is 0.128 e. The summed E-state index contributed by atoms with van der Waals surface area (Å²) in [5.74, 6) is 1.70. The molecular weight excluding hydrogens is 436 g/mol. The number of rotatable bonds is 6. The highest BCUT2D eigenvalue weighted by atomic mass is 16.5. The van der Waals surface area contributed by atoms with Crippen molar-refractivity contribution in [3.63, 3.8) is 0 Å². The molecule has 3 aromatic carbocycles. The van der Waals surface area contributed by atoms with Crippen LogP contribution < -0.4 is 4.74 Å². The quantitative estimate of drug-likeness (QED) is 0.310. The molecule has 0 saturated carbocycles. The van der Waals surface area contributed by atoms with Gasteiger partial charge in [-0.05, 0) is 84.8 Å². The summed E-state index contributed by atoms with van der Waals surface area (Å²) in [5, 5.41) is 23.9. The molecule has 0 spiro atoms. The number of nitrogens with zero attached hydrogens (tertiary/aromatic N) is 4. The number of hydrogen-bond acceptors (Lipinski definition) is 5. The molecule has 1 N–H and O–H groups in total. The van der Waals surface area contributed by atoms with Gasteiger partial charge >= 0.3 is 0 Å². The van der Waals surface area contributed by atoms with Crippen molar-refractivity contribution in [3.05, 3.63) is 103 Å². The zero-order chi connectivity index (χ0) is 24.2. The van der Waals surface area contributed by atoms with Gasteiger partial charge in [0.2, 0.25) is 0 Å². The van der Waals surface area contributed by atoms with Gasteiger partial charge < -0.3 is 9.84 Å². The van der Waals surface area contributed by atoms with Crippen molar-refractivity contribution in [2.75, 3.05) is 0 Å². The van der Waals surface area contributed by atoms with E-state index in [9.17, 15) is 10.4 Å². The third-order valence-electron chi connectivity index (χ3n) is 5.53. The van der Waals surface area contributed by atoms with Crippen molar-refractivity contribution < 1.29 is 9.84 Å². The van der Waals surface area contributed by atoms with Crippen molar-refractivity contribution in [2.24, 2.45) is 0 Å². The number of ether oxygens (including phenoxy) is 1. The van der Waals surface area contributed by atoms with Crippen LogP contribution in [0.1, 0.15) is 5.56 Å². The average Bonchev–Trinajstić information content (AvgIpc) is 3.29. The Balaban J connectivity index is 1.50. The fourth-order valence-electron chi connectivity index (χ4n) is 3.97. The molecule has 0 radical (unpaired) electrons. The van der Waals surface area contributed by atoms with Crippen LogP contribution in [-0.4, -0.2) is 19.9 Å². The Hall–Kier alpha value is -4.89. The molecule has 0 bridgehead atoms. The molecule has 35 heavy (non-hydrogen) atoms. The molecule has 0 saturated heterocycles. The Bertz CT molecular complexity index is 1500. The highest BCUT2D eigenvalue weighted by Gasteiger charge is 2.15. The van der Waals surface area contributed by atoms with E-state index in [1.807, 2.05) is 85.9 Å². The first-order valence-corrected chi connectivity index (χ1v) is 11.1. The first kappa shape index (κ1) is 21.9. The molecule has 6 nitrogen and oxygen atoms in total. The fourth-order valence-corrected chi connectivity index (χ4v) is 3.97. The van der Waals surface area contributed by atoms with Crippen LogP contribution in [0.3, 0.4) is 0 Å². The van der Waals surface area contributed by atoms with Crippen LogP contribution in [0, 0.1) is 18.3 Å². The van der Waals surface area contributed by atoms with Crippen LogP contribution in [0.15, 0.2) is 97.3 Å². The number of hydrogen-bond donors (Lipinski definition) is 1. The summed E-state index contributed by atoms with van der Waals surface area (Å²) in [6, 6.07) is 28.8. The summed E-state index contributed by atoms with van der Waals surface area (Å²) < 4.78 is 7.50. The van der Waals surface area contributed by atoms with E-state index in [0.29, 0.717) is 5.69 Å². The van der Waals surface area contributed by atoms with E-state index >= 15 is 0 Å². The summed E-state index contributed by atoms with van der Waals surface area (Å²) >= 11 is 0. The largest absolute Gasteiger partial charge is 0.508 e. The van der Waals surface area contributed by atoms with E-state index in [4.69, 9.17) is 4.74 Å². The summed E-state index contributed by atoms with van der Waals surface area (Å²) in [6.07, 6.45) is 3.62. The van der Waals surface area contributed by atoms with Gasteiger partial charge in [0.05, 0.1) is 11.8 Å². The zero-order valence-electron chi connectivity index (χ0n) is 19.1. The van der Waals surface area contributed by atoms with Gasteiger partial charge in [0.15, 0.2) is 0 Å². The number of nitriles is 1. The molecular formula is C29H22N4O2. The van der Waals surface area contributed by atoms with E-state index < -0.39 is 0 Å². The lowest BCUT2D eigenvalue weighted by molar-refractivity contribution is 0.475. The van der Waals surface area contributed by atoms with Gasteiger partial charge in [-0.3, -0.25) is 9.67 Å². The molecule has 0 amide bonds. The fraction of sp³-hybridized carbons (Fsp3) is 0.0690. The van der Waals surface area contributed by atoms with E-state index in [1.54, 1.807) is 23.0 Å². The second-order valence-corrected chi connectivity index (χ2v) is 8.17. The molecule has 0 unspecified atom stereocenters. The molecule has 0 aliphatic carbocycles. The van der Waals surface area contributed by atoms with Gasteiger partial charge in [0.1, 0.15) is 29.5 Å². The third kappa shape index (κ3) is 4.90. The van der Waals surface area contributed by atoms with Crippen LogP contribution in [0.25, 0.3) is 33.6 Å². The van der Waals surface area contributed by atoms with Gasteiger partial charge in [0, 0.05) is 29.1 Å². The summed E-state index contributed by atoms with van der Waals surface area (Å²) in [5.41, 5.74) is 5.94. The van der Waals surface area contributed by atoms with E-state index in [1.165, 1.54) is 0 Å². The maximum absolute atomic E-state index is 10.1. The summed E-state index contributed by atoms with van der Waals surface area (Å²) in [6.45, 7) is 2.05. The Kier molecular flexibility index (Phi) is 5.98. The van der Waals surface area contributed by atoms with Gasteiger partial charge in [0.25, 0.3) is 0 Å². The number of pyridine rings is 1. The van der Waals surface area contributed by atoms with Crippen molar-refractivity contribution >= 4 is 0 Å². The lowest BCUT2D eigenvalue weighted by Gasteiger charge is -2.08. The molecule has 2 heterocycles. The van der Waals surface area contributed by atoms with Crippen LogP contribution in [-0.2, 0) is 6.54 Å². The summed E-state index contributed by atoms with van der Waals surface area (Å²) in [7, 11) is 0. The van der Waals surface area contributed by atoms with E-state index in [-0.39, 0.29) is 12.3 Å². The first-order chi connectivity index (χ1) is 17.1. The highest BCUT2D eigenvalue weighted by Crippen LogP contribution is 2.35. The first-order valence-electron chi connectivity index (χ1n) is 11.1. The van der Waals surface area contributed by atoms with Crippen LogP contribution in [0.5, 0.6) is 17.2 Å². The second kappa shape index (κ2) is 9.54. The van der Waals surface area contributed by atoms with Gasteiger partial charge in [-0.15, -0.1) is 0 Å². The number of aryl methyl sites for hydroxylation is 1. The maximum atomic E-state index is 10.1. The lowest BCUT2D eigenvalue weighted by atomic mass is 9.99. The van der Waals surface area contributed by atoms with Crippen LogP contribution >= 0.6 is 0 Å². The molecule has 2 aromatic heterocycles. The van der Waals surface area contributed by atoms with Crippen molar-refractivity contribution in [3.8, 4) is 57.0 Å². The van der Waals surface area contributed by atoms with Gasteiger partial charge in [-0.2, -0.15) is 10.4 Å². The van der Waals surface area contributed by atoms with Crippen molar-refractivity contribution in [1.82, 2.24) is 14.8 Å². The molecule has 0 fully saturated rings. The van der Waals surface area contributed by atoms with E-state index in [2.05, 4.69) is 16.2 Å². The molecule has 0 aliphatic heterocycles. The normalized spacial score (nSPS) is 10.6. The predicted molar refractivity (Wildman–Crippen MR) is 135 cm³/mol. The number of aromatic nitrogens is 3. The average molecular weight is 459 g/mol. The molecule has 5 aromatic rings. The predicted octanol–water partition coefficient (Wildman–Crippen LogP) is 6.61. The number of phenolic OH excluding ortho intramolecular Hbond substituents is 1. The number of aromatic hydroxyl groups is 1. The number of para-hydroxylation sites is 1. The van der Waals surface area contributed by atoms with E-state index in [0.717, 1.165) is 45.0 Å². The van der Waals surface area contributed by atoms with Gasteiger partial charge in [-0.25, -0.2) is 0 Å². The Labute approximate surface area is 203 Å². The minimum Gasteiger partial charge on any atom is -0.508 e. The van der Waals surface area contributed by atoms with Crippen molar-refractivity contribution in [1.29, 1.82) is 5.26 Å². The highest BCUT2D eigenvalue weighted by molar-refractivity contribution is 5.82. The number of benzene rings is 3. The lowest BCUT2D eigenvalue weighted by Crippen LogP contribution is -1.95. The Morgan fingerprint density at radius 3 is 2.40 bits per heavy atom. The van der Waals surface area contributed by atoms with Crippen LogP contribution in [0.2, 0.25) is 0 Å². The molecule has 5 rings (SSSR count). The molecule has 0 aliphatic rings. The van der Waals surface area contributed by atoms with Crippen LogP contribution in [0.4, 0.5) is 0 Å². The SMILES string of the molecule is Cc1cc(O)cc(-c2nn(CC#N)cc2-c2ccnc(-c3ccc(Oc4ccccc4)cc3)c2)c1. The molecule has 170 valence electrons. The standard InChI is InChI=1S/C29H22N4O2/c1-20-15-23(17-24(34)16-20)29-27(19-33(32-29)14-12-30)22-11-13-31-28(18-22)21-7-9-26(10-8-21)35-25-5-3-2-4-6-25/h2-11,13,15-19,34H,14H2,1H3. The zero-order valence-corrected chi connectivity index (χ0v) is 19.1. The summed E-state index contributed by atoms with van der Waals surface area (Å²) in [4.78, 5) is 4.56. The topological polar surface area (TPSA) is 84.0 Å². The minimum absolute atomic E-state index is 0.131. The second-order valence-electron chi connectivity index (χ2n) is 8.17. The maximum Gasteiger partial charge on any atom is 0.128 e. The Morgan fingerprint density at radius 1 is 0.886 bits per heavy atom.